The van der Waals surface area contributed by atoms with Gasteiger partial charge >= 0.3 is 0 Å². The van der Waals surface area contributed by atoms with Gasteiger partial charge in [-0.3, -0.25) is 0 Å². The van der Waals surface area contributed by atoms with Crippen LogP contribution in [-0.4, -0.2) is 10.1 Å². The zero-order valence-corrected chi connectivity index (χ0v) is 8.12. The Morgan fingerprint density at radius 3 is 2.54 bits per heavy atom. The van der Waals surface area contributed by atoms with Gasteiger partial charge in [0.2, 0.25) is 6.20 Å². The van der Waals surface area contributed by atoms with Crippen LogP contribution in [0.3, 0.4) is 0 Å². The molecular formula is C10H10NOS+. The minimum atomic E-state index is 0.00945. The van der Waals surface area contributed by atoms with E-state index < -0.39 is 0 Å². The molecule has 1 aromatic rings. The Balaban J connectivity index is 2.30. The molecule has 0 saturated heterocycles. The Morgan fingerprint density at radius 2 is 2.00 bits per heavy atom. The summed E-state index contributed by atoms with van der Waals surface area (Å²) in [7, 11) is 0. The van der Waals surface area contributed by atoms with Crippen LogP contribution in [0.25, 0.3) is 4.91 Å². The van der Waals surface area contributed by atoms with Crippen molar-refractivity contribution in [2.24, 2.45) is 0 Å². The molecule has 3 heteroatoms. The smallest absolute Gasteiger partial charge is 0.0622 e. The van der Waals surface area contributed by atoms with E-state index in [1.165, 1.54) is 0 Å². The average molecular weight is 192 g/mol. The topological polar surface area (TPSA) is 20.1 Å². The van der Waals surface area contributed by atoms with Crippen molar-refractivity contribution in [1.29, 1.82) is 0 Å². The molecule has 2 rings (SSSR count). The lowest BCUT2D eigenvalue weighted by Gasteiger charge is -1.96. The molecule has 1 unspecified atom stereocenters. The lowest BCUT2D eigenvalue weighted by atomic mass is 10.2. The van der Waals surface area contributed by atoms with Crippen molar-refractivity contribution in [3.05, 3.63) is 47.0 Å². The quantitative estimate of drug-likeness (QED) is 0.637. The summed E-state index contributed by atoms with van der Waals surface area (Å²) in [6, 6.07) is 9.97. The Bertz CT molecular complexity index is 358. The van der Waals surface area contributed by atoms with Gasteiger partial charge in [-0.2, -0.15) is 0 Å². The number of hydrogen-bond donors (Lipinski definition) is 0. The van der Waals surface area contributed by atoms with Gasteiger partial charge in [-0.1, -0.05) is 30.3 Å². The van der Waals surface area contributed by atoms with Gasteiger partial charge in [0.15, 0.2) is 0 Å². The lowest BCUT2D eigenvalue weighted by molar-refractivity contribution is -0.486. The SMILES string of the molecule is CC1SC(c2ccccc2)=C[N+]1=O. The predicted molar refractivity (Wildman–Crippen MR) is 55.1 cm³/mol. The van der Waals surface area contributed by atoms with Crippen LogP contribution < -0.4 is 0 Å². The van der Waals surface area contributed by atoms with Crippen LogP contribution in [0.2, 0.25) is 0 Å². The maximum atomic E-state index is 11.2. The van der Waals surface area contributed by atoms with Crippen molar-refractivity contribution in [3.8, 4) is 0 Å². The first-order valence-electron chi connectivity index (χ1n) is 4.17. The van der Waals surface area contributed by atoms with E-state index in [2.05, 4.69) is 0 Å². The number of hydrogen-bond acceptors (Lipinski definition) is 2. The van der Waals surface area contributed by atoms with E-state index in [1.807, 2.05) is 37.3 Å². The van der Waals surface area contributed by atoms with Gasteiger partial charge in [0.25, 0.3) is 5.37 Å². The molecule has 1 heterocycles. The molecule has 0 amide bonds. The summed E-state index contributed by atoms with van der Waals surface area (Å²) in [6.07, 6.45) is 1.66. The van der Waals surface area contributed by atoms with Crippen molar-refractivity contribution in [1.82, 2.24) is 0 Å². The second-order valence-electron chi connectivity index (χ2n) is 2.94. The van der Waals surface area contributed by atoms with Gasteiger partial charge in [-0.15, -0.1) is 0 Å². The fraction of sp³-hybridized carbons (Fsp3) is 0.200. The summed E-state index contributed by atoms with van der Waals surface area (Å²) < 4.78 is 0.993. The zero-order valence-electron chi connectivity index (χ0n) is 7.31. The Morgan fingerprint density at radius 1 is 1.31 bits per heavy atom. The van der Waals surface area contributed by atoms with Crippen molar-refractivity contribution >= 4 is 16.7 Å². The summed E-state index contributed by atoms with van der Waals surface area (Å²) >= 11 is 1.60. The summed E-state index contributed by atoms with van der Waals surface area (Å²) in [5.41, 5.74) is 1.12. The van der Waals surface area contributed by atoms with E-state index in [0.717, 1.165) is 15.2 Å². The maximum Gasteiger partial charge on any atom is 0.254 e. The minimum absolute atomic E-state index is 0.00945. The summed E-state index contributed by atoms with van der Waals surface area (Å²) in [5.74, 6) is 0. The highest BCUT2D eigenvalue weighted by Gasteiger charge is 2.29. The molecule has 0 fully saturated rings. The van der Waals surface area contributed by atoms with Gasteiger partial charge < -0.3 is 0 Å². The van der Waals surface area contributed by atoms with Gasteiger partial charge in [0.1, 0.15) is 0 Å². The standard InChI is InChI=1S/C10H10NOS/c1-8-11(12)7-10(13-8)9-5-3-2-4-6-9/h2-8H,1H3/q+1. The molecule has 13 heavy (non-hydrogen) atoms. The monoisotopic (exact) mass is 192 g/mol. The third kappa shape index (κ3) is 1.65. The van der Waals surface area contributed by atoms with Gasteiger partial charge in [-0.05, 0) is 17.3 Å². The molecule has 0 aromatic heterocycles. The first-order valence-corrected chi connectivity index (χ1v) is 5.05. The second-order valence-corrected chi connectivity index (χ2v) is 4.29. The molecule has 0 saturated carbocycles. The molecule has 1 atom stereocenters. The third-order valence-corrected chi connectivity index (χ3v) is 3.10. The summed E-state index contributed by atoms with van der Waals surface area (Å²) in [5, 5.41) is 0.00945. The van der Waals surface area contributed by atoms with Gasteiger partial charge in [-0.25, -0.2) is 0 Å². The van der Waals surface area contributed by atoms with Gasteiger partial charge in [0, 0.05) is 16.6 Å². The van der Waals surface area contributed by atoms with Crippen molar-refractivity contribution in [2.45, 2.75) is 12.3 Å². The average Bonchev–Trinajstić information content (AvgIpc) is 2.49. The number of nitroso groups, excluding NO2 is 1. The highest BCUT2D eigenvalue weighted by molar-refractivity contribution is 8.08. The van der Waals surface area contributed by atoms with Crippen LogP contribution in [-0.2, 0) is 0 Å². The first-order chi connectivity index (χ1) is 6.27. The van der Waals surface area contributed by atoms with Crippen LogP contribution >= 0.6 is 11.8 Å². The van der Waals surface area contributed by atoms with E-state index in [0.29, 0.717) is 0 Å². The largest absolute Gasteiger partial charge is 0.254 e. The summed E-state index contributed by atoms with van der Waals surface area (Å²) in [6.45, 7) is 1.91. The predicted octanol–water partition coefficient (Wildman–Crippen LogP) is 2.86. The lowest BCUT2D eigenvalue weighted by Crippen LogP contribution is -2.04. The molecule has 1 aliphatic heterocycles. The molecule has 0 aliphatic carbocycles. The van der Waals surface area contributed by atoms with Crippen LogP contribution in [0.5, 0.6) is 0 Å². The molecule has 1 aromatic carbocycles. The summed E-state index contributed by atoms with van der Waals surface area (Å²) in [4.78, 5) is 12.2. The zero-order chi connectivity index (χ0) is 9.26. The molecule has 1 aliphatic rings. The second kappa shape index (κ2) is 3.34. The van der Waals surface area contributed by atoms with Crippen molar-refractivity contribution in [3.63, 3.8) is 0 Å². The van der Waals surface area contributed by atoms with Crippen LogP contribution in [0, 0.1) is 4.91 Å². The normalized spacial score (nSPS) is 21.8. The van der Waals surface area contributed by atoms with Crippen LogP contribution in [0.1, 0.15) is 12.5 Å². The Kier molecular flexibility index (Phi) is 2.19. The van der Waals surface area contributed by atoms with E-state index in [-0.39, 0.29) is 5.37 Å². The number of thioether (sulfide) groups is 1. The molecule has 66 valence electrons. The van der Waals surface area contributed by atoms with Crippen LogP contribution in [0.15, 0.2) is 36.5 Å². The number of nitrogens with zero attached hydrogens (tertiary/aromatic N) is 1. The van der Waals surface area contributed by atoms with Crippen molar-refractivity contribution in [2.75, 3.05) is 0 Å². The molecule has 0 spiro atoms. The highest BCUT2D eigenvalue weighted by atomic mass is 32.2. The Hall–Kier alpha value is -1.09. The van der Waals surface area contributed by atoms with Crippen LogP contribution in [0.4, 0.5) is 0 Å². The van der Waals surface area contributed by atoms with E-state index in [9.17, 15) is 4.91 Å². The maximum absolute atomic E-state index is 11.2. The molecule has 2 nitrogen and oxygen atoms in total. The fourth-order valence-electron chi connectivity index (χ4n) is 1.23. The highest BCUT2D eigenvalue weighted by Crippen LogP contribution is 2.36. The minimum Gasteiger partial charge on any atom is -0.0622 e. The first kappa shape index (κ1) is 8.51. The number of rotatable bonds is 1. The number of benzene rings is 1. The Labute approximate surface area is 81.2 Å². The molecular weight excluding hydrogens is 182 g/mol. The van der Waals surface area contributed by atoms with E-state index in [1.54, 1.807) is 18.0 Å². The van der Waals surface area contributed by atoms with E-state index >= 15 is 0 Å². The molecule has 0 bridgehead atoms. The molecule has 0 N–H and O–H groups in total. The van der Waals surface area contributed by atoms with Gasteiger partial charge in [0.05, 0.1) is 4.91 Å². The molecule has 0 radical (unpaired) electrons. The van der Waals surface area contributed by atoms with Crippen molar-refractivity contribution < 1.29 is 4.76 Å². The van der Waals surface area contributed by atoms with E-state index in [4.69, 9.17) is 0 Å². The fourth-order valence-corrected chi connectivity index (χ4v) is 2.20. The third-order valence-electron chi connectivity index (χ3n) is 1.96.